The van der Waals surface area contributed by atoms with Crippen molar-refractivity contribution in [3.05, 3.63) is 24.0 Å². The normalized spacial score (nSPS) is 9.33. The summed E-state index contributed by atoms with van der Waals surface area (Å²) in [5.74, 6) is 1.73. The average Bonchev–Trinajstić information content (AvgIpc) is 3.09. The third-order valence-electron chi connectivity index (χ3n) is 3.77. The zero-order valence-electron chi connectivity index (χ0n) is 20.7. The van der Waals surface area contributed by atoms with Crippen LogP contribution in [0.5, 0.6) is 11.5 Å². The molecule has 0 aliphatic rings. The molecule has 0 saturated heterocycles. The van der Waals surface area contributed by atoms with Crippen LogP contribution in [0.1, 0.15) is 47.4 Å². The second kappa shape index (κ2) is 16.1. The van der Waals surface area contributed by atoms with Gasteiger partial charge in [0.25, 0.3) is 0 Å². The Morgan fingerprint density at radius 2 is 1.45 bits per heavy atom. The summed E-state index contributed by atoms with van der Waals surface area (Å²) in [5, 5.41) is 15.8. The molecule has 184 valence electrons. The van der Waals surface area contributed by atoms with Crippen LogP contribution in [-0.4, -0.2) is 52.5 Å². The zero-order chi connectivity index (χ0) is 25.4. The number of carbonyl (C=O) groups is 3. The molecule has 3 N–H and O–H groups in total. The number of nitrogens with zero attached hydrogens (tertiary/aromatic N) is 3. The van der Waals surface area contributed by atoms with Gasteiger partial charge in [-0.2, -0.15) is 0 Å². The first-order valence-corrected chi connectivity index (χ1v) is 10.9. The summed E-state index contributed by atoms with van der Waals surface area (Å²) in [7, 11) is 1.81. The molecule has 11 heteroatoms. The summed E-state index contributed by atoms with van der Waals surface area (Å²) < 4.78 is 12.3. The first-order chi connectivity index (χ1) is 15.7. The highest BCUT2D eigenvalue weighted by Gasteiger charge is 2.18. The number of aryl methyl sites for hydroxylation is 1. The molecule has 33 heavy (non-hydrogen) atoms. The monoisotopic (exact) mass is 464 g/mol. The molecule has 0 bridgehead atoms. The quantitative estimate of drug-likeness (QED) is 0.597. The van der Waals surface area contributed by atoms with Gasteiger partial charge in [0.1, 0.15) is 17.3 Å². The van der Waals surface area contributed by atoms with Crippen LogP contribution >= 0.6 is 0 Å². The van der Waals surface area contributed by atoms with Gasteiger partial charge in [0.2, 0.25) is 5.91 Å². The summed E-state index contributed by atoms with van der Waals surface area (Å²) in [6.07, 6.45) is -1.20. The zero-order valence-corrected chi connectivity index (χ0v) is 20.7. The number of carbonyl (C=O) groups excluding carboxylic acids is 3. The molecule has 3 amide bonds. The molecule has 1 aromatic heterocycles. The predicted molar refractivity (Wildman–Crippen MR) is 126 cm³/mol. The molecule has 0 atom stereocenters. The Balaban J connectivity index is 0.00000111. The molecule has 0 spiro atoms. The molecule has 0 fully saturated rings. The Bertz CT molecular complexity index is 897. The number of ether oxygens (including phenoxy) is 2. The standard InChI is InChI=1S/C16H21N5O4.C4H9NO.C2H6/c1-5-17-15(22)24-11-7-8-12(14-20-19-10(3)21(14)4)13(9-11)25-16(23)18-6-2;1-3-5-4(2)6;1-2/h7-9H,5-6H2,1-4H3,(H,17,22)(H,18,23);3H2,1-2H3,(H,5,6);1-2H3. The van der Waals surface area contributed by atoms with Crippen molar-refractivity contribution in [3.8, 4) is 22.9 Å². The van der Waals surface area contributed by atoms with Crippen molar-refractivity contribution in [1.82, 2.24) is 30.7 Å². The maximum Gasteiger partial charge on any atom is 0.412 e. The number of nitrogens with one attached hydrogen (secondary N) is 3. The Morgan fingerprint density at radius 1 is 0.909 bits per heavy atom. The van der Waals surface area contributed by atoms with E-state index in [1.54, 1.807) is 37.6 Å². The Hall–Kier alpha value is -3.63. The van der Waals surface area contributed by atoms with Crippen molar-refractivity contribution >= 4 is 18.1 Å². The number of benzene rings is 1. The maximum atomic E-state index is 11.8. The van der Waals surface area contributed by atoms with Gasteiger partial charge in [-0.1, -0.05) is 13.8 Å². The SMILES string of the molecule is CC.CCNC(=O)Oc1ccc(-c2nnc(C)n2C)c(OC(=O)NCC)c1.CCNC(C)=O. The molecule has 0 radical (unpaired) electrons. The summed E-state index contributed by atoms with van der Waals surface area (Å²) in [6.45, 7) is 14.4. The van der Waals surface area contributed by atoms with Crippen LogP contribution in [0.4, 0.5) is 9.59 Å². The molecule has 0 aliphatic carbocycles. The van der Waals surface area contributed by atoms with E-state index in [4.69, 9.17) is 9.47 Å². The number of rotatable bonds is 6. The minimum absolute atomic E-state index is 0.0394. The Morgan fingerprint density at radius 3 is 1.88 bits per heavy atom. The molecule has 1 heterocycles. The van der Waals surface area contributed by atoms with Crippen LogP contribution in [0.2, 0.25) is 0 Å². The molecule has 0 unspecified atom stereocenters. The van der Waals surface area contributed by atoms with Gasteiger partial charge in [-0.25, -0.2) is 9.59 Å². The van der Waals surface area contributed by atoms with Gasteiger partial charge in [0.05, 0.1) is 5.56 Å². The summed E-state index contributed by atoms with van der Waals surface area (Å²) in [5.41, 5.74) is 0.553. The lowest BCUT2D eigenvalue weighted by Crippen LogP contribution is -2.27. The third kappa shape index (κ3) is 10.5. The minimum atomic E-state index is -0.613. The second-order valence-electron chi connectivity index (χ2n) is 6.21. The number of hydrogen-bond acceptors (Lipinski definition) is 7. The highest BCUT2D eigenvalue weighted by Crippen LogP contribution is 2.32. The number of amides is 3. The van der Waals surface area contributed by atoms with Crippen molar-refractivity contribution < 1.29 is 23.9 Å². The molecular formula is C22H36N6O5. The van der Waals surface area contributed by atoms with Crippen LogP contribution in [-0.2, 0) is 11.8 Å². The topological polar surface area (TPSA) is 136 Å². The van der Waals surface area contributed by atoms with Crippen molar-refractivity contribution in [2.24, 2.45) is 7.05 Å². The van der Waals surface area contributed by atoms with E-state index in [9.17, 15) is 14.4 Å². The molecule has 11 nitrogen and oxygen atoms in total. The molecule has 0 aliphatic heterocycles. The van der Waals surface area contributed by atoms with E-state index < -0.39 is 12.2 Å². The number of aromatic nitrogens is 3. The molecular weight excluding hydrogens is 428 g/mol. The van der Waals surface area contributed by atoms with E-state index in [1.807, 2.05) is 27.7 Å². The van der Waals surface area contributed by atoms with E-state index in [1.165, 1.54) is 13.0 Å². The van der Waals surface area contributed by atoms with Gasteiger partial charge < -0.3 is 30.0 Å². The minimum Gasteiger partial charge on any atom is -0.410 e. The van der Waals surface area contributed by atoms with Crippen molar-refractivity contribution in [2.75, 3.05) is 19.6 Å². The summed E-state index contributed by atoms with van der Waals surface area (Å²) in [4.78, 5) is 33.3. The lowest BCUT2D eigenvalue weighted by molar-refractivity contribution is -0.118. The molecule has 2 aromatic rings. The van der Waals surface area contributed by atoms with Crippen LogP contribution in [0.3, 0.4) is 0 Å². The molecule has 1 aromatic carbocycles. The van der Waals surface area contributed by atoms with E-state index in [0.717, 1.165) is 6.54 Å². The third-order valence-corrected chi connectivity index (χ3v) is 3.77. The smallest absolute Gasteiger partial charge is 0.410 e. The van der Waals surface area contributed by atoms with Crippen molar-refractivity contribution in [3.63, 3.8) is 0 Å². The van der Waals surface area contributed by atoms with Gasteiger partial charge >= 0.3 is 12.2 Å². The Labute approximate surface area is 195 Å². The first kappa shape index (κ1) is 29.4. The van der Waals surface area contributed by atoms with Gasteiger partial charge in [0, 0.05) is 39.7 Å². The fourth-order valence-electron chi connectivity index (χ4n) is 2.29. The molecule has 2 rings (SSSR count). The largest absolute Gasteiger partial charge is 0.412 e. The van der Waals surface area contributed by atoms with Gasteiger partial charge in [0.15, 0.2) is 5.82 Å². The fourth-order valence-corrected chi connectivity index (χ4v) is 2.29. The lowest BCUT2D eigenvalue weighted by atomic mass is 10.1. The predicted octanol–water partition coefficient (Wildman–Crippen LogP) is 3.18. The maximum absolute atomic E-state index is 11.8. The summed E-state index contributed by atoms with van der Waals surface area (Å²) >= 11 is 0. The van der Waals surface area contributed by atoms with Crippen LogP contribution < -0.4 is 25.4 Å². The first-order valence-electron chi connectivity index (χ1n) is 10.9. The van der Waals surface area contributed by atoms with Gasteiger partial charge in [-0.3, -0.25) is 4.79 Å². The van der Waals surface area contributed by atoms with E-state index in [-0.39, 0.29) is 17.4 Å². The van der Waals surface area contributed by atoms with Gasteiger partial charge in [-0.15, -0.1) is 10.2 Å². The van der Waals surface area contributed by atoms with E-state index >= 15 is 0 Å². The number of hydrogen-bond donors (Lipinski definition) is 3. The van der Waals surface area contributed by atoms with Crippen LogP contribution in [0.25, 0.3) is 11.4 Å². The highest BCUT2D eigenvalue weighted by molar-refractivity contribution is 5.77. The van der Waals surface area contributed by atoms with Crippen molar-refractivity contribution in [1.29, 1.82) is 0 Å². The van der Waals surface area contributed by atoms with Crippen molar-refractivity contribution in [2.45, 2.75) is 48.5 Å². The summed E-state index contributed by atoms with van der Waals surface area (Å²) in [6, 6.07) is 4.72. The Kier molecular flexibility index (Phi) is 14.3. The molecule has 0 saturated carbocycles. The van der Waals surface area contributed by atoms with Crippen LogP contribution in [0.15, 0.2) is 18.2 Å². The fraction of sp³-hybridized carbons (Fsp3) is 0.500. The second-order valence-corrected chi connectivity index (χ2v) is 6.21. The highest BCUT2D eigenvalue weighted by atomic mass is 16.6. The van der Waals surface area contributed by atoms with E-state index in [2.05, 4.69) is 26.1 Å². The lowest BCUT2D eigenvalue weighted by Gasteiger charge is -2.12. The average molecular weight is 465 g/mol. The van der Waals surface area contributed by atoms with E-state index in [0.29, 0.717) is 30.3 Å². The van der Waals surface area contributed by atoms with Gasteiger partial charge in [-0.05, 0) is 39.8 Å². The van der Waals surface area contributed by atoms with Crippen LogP contribution in [0, 0.1) is 6.92 Å².